The molecule has 2 aromatic rings. The van der Waals surface area contributed by atoms with Gasteiger partial charge in [0.2, 0.25) is 0 Å². The molecule has 0 radical (unpaired) electrons. The number of rotatable bonds is 3. The summed E-state index contributed by atoms with van der Waals surface area (Å²) in [6, 6.07) is 10.6. The highest BCUT2D eigenvalue weighted by atomic mass is 19.4. The topological polar surface area (TPSA) is 68.0 Å². The molecule has 3 aliphatic rings. The van der Waals surface area contributed by atoms with Crippen molar-refractivity contribution < 1.29 is 13.2 Å². The Labute approximate surface area is 188 Å². The lowest BCUT2D eigenvalue weighted by molar-refractivity contribution is -0.137. The number of nitrogens with one attached hydrogen (secondary N) is 1. The summed E-state index contributed by atoms with van der Waals surface area (Å²) in [5.74, 6) is 2.24. The summed E-state index contributed by atoms with van der Waals surface area (Å²) in [6.45, 7) is 5.06. The Hall–Kier alpha value is -3.75. The Kier molecular flexibility index (Phi) is 5.11. The number of aryl methyl sites for hydroxylation is 1. The fraction of sp³-hybridized carbons (Fsp3) is 0.250. The first-order valence-corrected chi connectivity index (χ1v) is 10.6. The molecular formula is C24H21F3N6. The minimum absolute atomic E-state index is 0.453. The molecule has 3 aliphatic heterocycles. The molecule has 0 amide bonds. The molecule has 33 heavy (non-hydrogen) atoms. The largest absolute Gasteiger partial charge is 0.416 e. The van der Waals surface area contributed by atoms with E-state index in [0.29, 0.717) is 16.9 Å². The molecule has 0 saturated carbocycles. The monoisotopic (exact) mass is 450 g/mol. The van der Waals surface area contributed by atoms with Gasteiger partial charge in [-0.25, -0.2) is 9.97 Å². The van der Waals surface area contributed by atoms with Crippen LogP contribution in [0.1, 0.15) is 29.9 Å². The molecule has 1 atom stereocenters. The van der Waals surface area contributed by atoms with Gasteiger partial charge in [0.15, 0.2) is 5.49 Å². The maximum absolute atomic E-state index is 13.2. The average molecular weight is 450 g/mol. The smallest absolute Gasteiger partial charge is 0.369 e. The van der Waals surface area contributed by atoms with Crippen LogP contribution in [0.3, 0.4) is 0 Å². The number of aromatic nitrogens is 4. The van der Waals surface area contributed by atoms with Gasteiger partial charge in [0.05, 0.1) is 17.2 Å². The number of nitrogens with zero attached hydrogens (tertiary/aromatic N) is 5. The third-order valence-corrected chi connectivity index (χ3v) is 5.70. The van der Waals surface area contributed by atoms with Crippen LogP contribution in [0.5, 0.6) is 0 Å². The maximum atomic E-state index is 13.2. The normalized spacial score (nSPS) is 14.9. The lowest BCUT2D eigenvalue weighted by Crippen LogP contribution is -2.21. The highest BCUT2D eigenvalue weighted by molar-refractivity contribution is 5.81. The predicted molar refractivity (Wildman–Crippen MR) is 119 cm³/mol. The van der Waals surface area contributed by atoms with Crippen LogP contribution in [0.25, 0.3) is 22.5 Å². The standard InChI is InChI=1S/C24H21F3N6/c1-14(16-5-3-7-18(11-16)24(25,26)27)30-21-20-12-19(17-6-4-8-28-13-17)22-29-9-10-33(22)23(20)32-15(2)31-21/h3-8,11-14,29H,9-10H2,1-2H3/t14-/m1/s1. The van der Waals surface area contributed by atoms with Crippen LogP contribution < -0.4 is 10.8 Å². The summed E-state index contributed by atoms with van der Waals surface area (Å²) in [5, 5.41) is 3.42. The summed E-state index contributed by atoms with van der Waals surface area (Å²) in [6.07, 6.45) is -0.898. The van der Waals surface area contributed by atoms with Crippen molar-refractivity contribution in [1.29, 1.82) is 0 Å². The van der Waals surface area contributed by atoms with Crippen LogP contribution in [0.4, 0.5) is 19.0 Å². The van der Waals surface area contributed by atoms with Crippen molar-refractivity contribution >= 4 is 5.82 Å². The number of halogens is 3. The van der Waals surface area contributed by atoms with E-state index in [0.717, 1.165) is 53.6 Å². The Bertz CT molecular complexity index is 1360. The molecule has 0 unspecified atom stereocenters. The molecule has 168 valence electrons. The number of benzene rings is 1. The van der Waals surface area contributed by atoms with Crippen molar-refractivity contribution in [1.82, 2.24) is 19.5 Å². The number of hydrogen-bond donors (Lipinski definition) is 1. The zero-order valence-corrected chi connectivity index (χ0v) is 18.1. The molecule has 4 heterocycles. The highest BCUT2D eigenvalue weighted by Gasteiger charge is 2.31. The van der Waals surface area contributed by atoms with Gasteiger partial charge in [-0.2, -0.15) is 13.2 Å². The summed E-state index contributed by atoms with van der Waals surface area (Å²) >= 11 is 0. The second kappa shape index (κ2) is 7.99. The van der Waals surface area contributed by atoms with Crippen LogP contribution in [0.15, 0.2) is 59.9 Å². The van der Waals surface area contributed by atoms with Crippen molar-refractivity contribution in [2.45, 2.75) is 32.6 Å². The minimum atomic E-state index is -4.41. The maximum Gasteiger partial charge on any atom is 0.416 e. The van der Waals surface area contributed by atoms with E-state index < -0.39 is 17.8 Å². The van der Waals surface area contributed by atoms with Gasteiger partial charge in [-0.05, 0) is 43.7 Å². The SMILES string of the molecule is Cc1nc2n3c(c(-c4cccnc4)cc-2c(=N[C@H](C)c2cccc(C(F)(F)F)c2)n1)NCC3. The molecule has 0 spiro atoms. The van der Waals surface area contributed by atoms with Gasteiger partial charge < -0.3 is 9.88 Å². The first-order valence-electron chi connectivity index (χ1n) is 10.6. The molecule has 1 aromatic carbocycles. The summed E-state index contributed by atoms with van der Waals surface area (Å²) < 4.78 is 41.7. The summed E-state index contributed by atoms with van der Waals surface area (Å²) in [4.78, 5) is 18.2. The molecule has 5 rings (SSSR count). The Morgan fingerprint density at radius 1 is 1.09 bits per heavy atom. The molecule has 0 fully saturated rings. The van der Waals surface area contributed by atoms with E-state index in [1.54, 1.807) is 32.3 Å². The van der Waals surface area contributed by atoms with E-state index in [2.05, 4.69) is 24.8 Å². The highest BCUT2D eigenvalue weighted by Crippen LogP contribution is 2.36. The van der Waals surface area contributed by atoms with E-state index in [4.69, 9.17) is 4.99 Å². The predicted octanol–water partition coefficient (Wildman–Crippen LogP) is 4.86. The van der Waals surface area contributed by atoms with Crippen molar-refractivity contribution in [3.63, 3.8) is 0 Å². The first kappa shape index (κ1) is 21.1. The van der Waals surface area contributed by atoms with Crippen molar-refractivity contribution in [2.75, 3.05) is 11.9 Å². The molecule has 0 saturated heterocycles. The van der Waals surface area contributed by atoms with E-state index >= 15 is 0 Å². The number of pyridine rings is 2. The van der Waals surface area contributed by atoms with Gasteiger partial charge in [-0.3, -0.25) is 9.98 Å². The van der Waals surface area contributed by atoms with Crippen molar-refractivity contribution in [3.8, 4) is 22.5 Å². The first-order chi connectivity index (χ1) is 15.8. The van der Waals surface area contributed by atoms with Gasteiger partial charge in [0.1, 0.15) is 17.5 Å². The molecule has 1 aromatic heterocycles. The number of alkyl halides is 3. The average Bonchev–Trinajstić information content (AvgIpc) is 3.29. The molecule has 0 bridgehead atoms. The molecular weight excluding hydrogens is 429 g/mol. The van der Waals surface area contributed by atoms with Crippen LogP contribution >= 0.6 is 0 Å². The van der Waals surface area contributed by atoms with Crippen molar-refractivity contribution in [2.24, 2.45) is 4.99 Å². The fourth-order valence-electron chi connectivity index (χ4n) is 4.12. The number of anilines is 1. The third-order valence-electron chi connectivity index (χ3n) is 5.70. The number of fused-ring (bicyclic) bond motifs is 3. The van der Waals surface area contributed by atoms with Crippen LogP contribution in [-0.4, -0.2) is 26.1 Å². The van der Waals surface area contributed by atoms with Gasteiger partial charge in [-0.15, -0.1) is 0 Å². The van der Waals surface area contributed by atoms with Gasteiger partial charge >= 0.3 is 6.18 Å². The fourth-order valence-corrected chi connectivity index (χ4v) is 4.12. The molecule has 6 nitrogen and oxygen atoms in total. The van der Waals surface area contributed by atoms with Gasteiger partial charge in [0.25, 0.3) is 0 Å². The Morgan fingerprint density at radius 2 is 1.94 bits per heavy atom. The lowest BCUT2D eigenvalue weighted by Gasteiger charge is -2.18. The van der Waals surface area contributed by atoms with E-state index in [1.807, 2.05) is 18.2 Å². The van der Waals surface area contributed by atoms with Crippen LogP contribution in [-0.2, 0) is 12.7 Å². The lowest BCUT2D eigenvalue weighted by atomic mass is 10.0. The Balaban J connectivity index is 1.70. The molecule has 9 heteroatoms. The van der Waals surface area contributed by atoms with E-state index in [-0.39, 0.29) is 0 Å². The van der Waals surface area contributed by atoms with Gasteiger partial charge in [-0.1, -0.05) is 18.2 Å². The second-order valence-electron chi connectivity index (χ2n) is 7.99. The minimum Gasteiger partial charge on any atom is -0.369 e. The summed E-state index contributed by atoms with van der Waals surface area (Å²) in [7, 11) is 0. The molecule has 0 aliphatic carbocycles. The third kappa shape index (κ3) is 3.94. The van der Waals surface area contributed by atoms with E-state index in [9.17, 15) is 13.2 Å². The zero-order valence-electron chi connectivity index (χ0n) is 18.1. The van der Waals surface area contributed by atoms with Gasteiger partial charge in [0, 0.05) is 36.6 Å². The van der Waals surface area contributed by atoms with Crippen molar-refractivity contribution in [3.05, 3.63) is 77.3 Å². The quantitative estimate of drug-likeness (QED) is 0.484. The molecule has 1 N–H and O–H groups in total. The van der Waals surface area contributed by atoms with Crippen LogP contribution in [0, 0.1) is 6.92 Å². The zero-order chi connectivity index (χ0) is 23.2. The van der Waals surface area contributed by atoms with Crippen LogP contribution in [0.2, 0.25) is 0 Å². The van der Waals surface area contributed by atoms with E-state index in [1.165, 1.54) is 6.07 Å². The number of hydrogen-bond acceptors (Lipinski definition) is 5. The summed E-state index contributed by atoms with van der Waals surface area (Å²) in [5.41, 5.74) is 2.86. The Morgan fingerprint density at radius 3 is 2.70 bits per heavy atom. The second-order valence-corrected chi connectivity index (χ2v) is 7.99.